The molecule has 42 N–H and O–H groups in total. The third-order valence-electron chi connectivity index (χ3n) is 0. The quantitative estimate of drug-likeness (QED) is 0.0791. The Morgan fingerprint density at radius 2 is 0.0473 bits per heavy atom. The molecule has 0 amide bonds. The van der Waals surface area contributed by atoms with Gasteiger partial charge in [-0.3, -0.25) is 191 Å². The third-order valence-corrected chi connectivity index (χ3v) is 0. The van der Waals surface area contributed by atoms with Crippen LogP contribution < -0.4 is 1270 Å². The maximum atomic E-state index is 8.74. The fourth-order valence-corrected chi connectivity index (χ4v) is 0. The van der Waals surface area contributed by atoms with Crippen LogP contribution in [0.5, 0.6) is 0 Å². The van der Waals surface area contributed by atoms with Crippen LogP contribution in [0.3, 0.4) is 0 Å². The molecule has 672 valence electrons. The van der Waals surface area contributed by atoms with Crippen molar-refractivity contribution >= 4 is 218 Å². The molecule has 0 aromatic heterocycles. The van der Waals surface area contributed by atoms with Gasteiger partial charge in [0.25, 0.3) is 0 Å². The van der Waals surface area contributed by atoms with E-state index >= 15 is 0 Å². The molecule has 0 rings (SSSR count). The Balaban J connectivity index is -0.00000000796. The molecule has 0 saturated heterocycles. The Morgan fingerprint density at radius 3 is 0.0473 bits per heavy atom. The molecule has 0 spiro atoms. The summed E-state index contributed by atoms with van der Waals surface area (Å²) < 4.78 is 663. The Morgan fingerprint density at radius 1 is 0.0473 bits per heavy atom. The Bertz CT molecular complexity index is 3340. The standard InChI is InChI=1S/43Na.21H2O4S/c;;;;;;;;;;;;;;;;;;;;;;;;;;;;;;;;;;;;;;;;;;;21*1-5(2,3)4/h;;;;;;;;;;;;;;;;;;;;;;;;;;;;;;;;;;;;;;;;;;;21*(H2,1,2,3,4)/q43*+1;;;;;;;;;;;;;;;;;;;;;. The largest absolute Gasteiger partial charge is 1.00 e. The van der Waals surface area contributed by atoms with Crippen LogP contribution in [-0.2, 0) is 218 Å². The summed E-state index contributed by atoms with van der Waals surface area (Å²) >= 11 is 0. The summed E-state index contributed by atoms with van der Waals surface area (Å²) in [5.41, 5.74) is 0. The van der Waals surface area contributed by atoms with Gasteiger partial charge in [0, 0.05) is 0 Å². The molecule has 0 unspecified atom stereocenters. The second kappa shape index (κ2) is 235. The summed E-state index contributed by atoms with van der Waals surface area (Å²) in [5, 5.41) is 0. The first kappa shape index (κ1) is 428. The minimum atomic E-state index is -4.67. The molecule has 0 radical (unpaired) electrons. The van der Waals surface area contributed by atoms with Gasteiger partial charge in [0.15, 0.2) is 0 Å². The first-order valence-electron chi connectivity index (χ1n) is 14.7. The summed E-state index contributed by atoms with van der Waals surface area (Å²) in [6.07, 6.45) is 0. The minimum absolute atomic E-state index is 0. The van der Waals surface area contributed by atoms with E-state index in [9.17, 15) is 0 Å². The van der Waals surface area contributed by atoms with Gasteiger partial charge in [-0.2, -0.15) is 177 Å². The molecule has 0 aromatic carbocycles. The van der Waals surface area contributed by atoms with E-state index in [-0.39, 0.29) is 1270 Å². The van der Waals surface area contributed by atoms with Crippen molar-refractivity contribution in [3.8, 4) is 0 Å². The predicted octanol–water partition coefficient (Wildman–Crippen LogP) is -143. The van der Waals surface area contributed by atoms with Crippen LogP contribution in [0.4, 0.5) is 0 Å². The molecule has 0 aromatic rings. The van der Waals surface area contributed by atoms with E-state index in [4.69, 9.17) is 368 Å². The maximum absolute atomic E-state index is 8.74. The van der Waals surface area contributed by atoms with E-state index in [2.05, 4.69) is 0 Å². The van der Waals surface area contributed by atoms with E-state index in [0.29, 0.717) is 0 Å². The van der Waals surface area contributed by atoms with E-state index in [1.165, 1.54) is 0 Å². The van der Waals surface area contributed by atoms with Crippen molar-refractivity contribution in [1.82, 2.24) is 0 Å². The second-order valence-corrected chi connectivity index (χ2v) is 28.2. The van der Waals surface area contributed by atoms with Crippen LogP contribution in [0.15, 0.2) is 0 Å². The van der Waals surface area contributed by atoms with Crippen molar-refractivity contribution in [2.75, 3.05) is 0 Å². The molecule has 148 heavy (non-hydrogen) atoms. The van der Waals surface area contributed by atoms with Crippen molar-refractivity contribution in [2.45, 2.75) is 0 Å². The van der Waals surface area contributed by atoms with Gasteiger partial charge in [-0.1, -0.05) is 0 Å². The van der Waals surface area contributed by atoms with E-state index < -0.39 is 218 Å². The molecule has 0 aliphatic heterocycles. The smallest absolute Gasteiger partial charge is 0.264 e. The molecular weight excluding hydrogens is 3010 g/mol. The van der Waals surface area contributed by atoms with Crippen LogP contribution in [0.2, 0.25) is 0 Å². The first-order chi connectivity index (χ1) is 42.0. The Hall–Kier alpha value is 40.3. The molecule has 0 saturated carbocycles. The van der Waals surface area contributed by atoms with Gasteiger partial charge >= 0.3 is 1490 Å². The van der Waals surface area contributed by atoms with Crippen molar-refractivity contribution in [2.24, 2.45) is 0 Å². The number of hydrogen-bond donors (Lipinski definition) is 42. The SMILES string of the molecule is O=S(=O)(O)O.O=S(=O)(O)O.O=S(=O)(O)O.O=S(=O)(O)O.O=S(=O)(O)O.O=S(=O)(O)O.O=S(=O)(O)O.O=S(=O)(O)O.O=S(=O)(O)O.O=S(=O)(O)O.O=S(=O)(O)O.O=S(=O)(O)O.O=S(=O)(O)O.O=S(=O)(O)O.O=S(=O)(O)O.O=S(=O)(O)O.O=S(=O)(O)O.O=S(=O)(O)O.O=S(=O)(O)O.O=S(=O)(O)O.O=S(=O)(O)O.[Na+].[Na+].[Na+].[Na+].[Na+].[Na+].[Na+].[Na+].[Na+].[Na+].[Na+].[Na+].[Na+].[Na+].[Na+].[Na+].[Na+].[Na+].[Na+].[Na+].[Na+].[Na+].[Na+].[Na+].[Na+].[Na+].[Na+].[Na+].[Na+].[Na+].[Na+].[Na+].[Na+].[Na+].[Na+].[Na+].[Na+].[Na+].[Na+].[Na+].[Na+].[Na+].[Na+]. The topological polar surface area (TPSA) is 1570 Å². The van der Waals surface area contributed by atoms with Gasteiger partial charge in [-0.05, 0) is 0 Å². The zero-order chi connectivity index (χ0) is 94.5. The van der Waals surface area contributed by atoms with Crippen molar-refractivity contribution in [3.05, 3.63) is 0 Å². The van der Waals surface area contributed by atoms with Crippen molar-refractivity contribution < 1.29 is 1640 Å². The summed E-state index contributed by atoms with van der Waals surface area (Å²) in [6, 6.07) is 0. The van der Waals surface area contributed by atoms with E-state index in [1.807, 2.05) is 0 Å². The zero-order valence-corrected chi connectivity index (χ0v) is 191. The molecule has 0 aliphatic rings. The fraction of sp³-hybridized carbons (Fsp3) is 0. The van der Waals surface area contributed by atoms with Crippen molar-refractivity contribution in [3.63, 3.8) is 0 Å². The molecule has 0 heterocycles. The number of rotatable bonds is 0. The van der Waals surface area contributed by atoms with Crippen LogP contribution in [0, 0.1) is 0 Å². The fourth-order valence-electron chi connectivity index (χ4n) is 0. The second-order valence-electron chi connectivity index (χ2n) is 9.40. The minimum Gasteiger partial charge on any atom is -0.264 e. The molecule has 148 heteroatoms. The summed E-state index contributed by atoms with van der Waals surface area (Å²) in [5.74, 6) is 0. The van der Waals surface area contributed by atoms with Gasteiger partial charge in [0.1, 0.15) is 0 Å². The van der Waals surface area contributed by atoms with E-state index in [1.54, 1.807) is 0 Å². The van der Waals surface area contributed by atoms with Crippen LogP contribution in [0.25, 0.3) is 0 Å². The van der Waals surface area contributed by atoms with Gasteiger partial charge < -0.3 is 0 Å². The molecule has 0 fully saturated rings. The summed E-state index contributed by atoms with van der Waals surface area (Å²) in [6.45, 7) is 0. The third kappa shape index (κ3) is 3940. The Labute approximate surface area is 1800 Å². The average Bonchev–Trinajstić information content (AvgIpc) is 2.90. The Kier molecular flexibility index (Phi) is 679. The zero-order valence-electron chi connectivity index (χ0n) is 87.5. The van der Waals surface area contributed by atoms with Gasteiger partial charge in [-0.25, -0.2) is 0 Å². The van der Waals surface area contributed by atoms with Crippen molar-refractivity contribution in [1.29, 1.82) is 0 Å². The molecule has 0 aliphatic carbocycles. The molecule has 0 atom stereocenters. The monoisotopic (exact) mass is 3050 g/mol. The molecular formula is H42Na43O84S21+43. The summed E-state index contributed by atoms with van der Waals surface area (Å²) in [7, 11) is -98.0. The van der Waals surface area contributed by atoms with Crippen LogP contribution in [0.1, 0.15) is 0 Å². The predicted molar refractivity (Wildman–Crippen MR) is 298 cm³/mol. The molecule has 84 nitrogen and oxygen atoms in total. The maximum Gasteiger partial charge on any atom is 1.00 e. The normalized spacial score (nSPS) is 8.23. The first-order valence-corrected chi connectivity index (χ1v) is 44.0. The van der Waals surface area contributed by atoms with Crippen LogP contribution in [-0.4, -0.2) is 368 Å². The van der Waals surface area contributed by atoms with E-state index in [0.717, 1.165) is 0 Å². The molecule has 0 bridgehead atoms. The summed E-state index contributed by atoms with van der Waals surface area (Å²) in [4.78, 5) is 0. The van der Waals surface area contributed by atoms with Gasteiger partial charge in [0.2, 0.25) is 0 Å². The average molecular weight is 3050 g/mol. The van der Waals surface area contributed by atoms with Gasteiger partial charge in [-0.15, -0.1) is 0 Å². The van der Waals surface area contributed by atoms with Crippen LogP contribution >= 0.6 is 0 Å². The van der Waals surface area contributed by atoms with Gasteiger partial charge in [0.05, 0.1) is 0 Å². The number of hydrogen-bond acceptors (Lipinski definition) is 42.